The molecule has 2 rings (SSSR count). The quantitative estimate of drug-likeness (QED) is 0.771. The first-order valence-corrected chi connectivity index (χ1v) is 6.64. The van der Waals surface area contributed by atoms with E-state index < -0.39 is 0 Å². The molecule has 0 saturated heterocycles. The summed E-state index contributed by atoms with van der Waals surface area (Å²) in [6, 6.07) is 4.11. The van der Waals surface area contributed by atoms with Gasteiger partial charge in [-0.1, -0.05) is 13.8 Å². The van der Waals surface area contributed by atoms with Crippen LogP contribution in [-0.2, 0) is 6.42 Å². The molecule has 0 radical (unpaired) electrons. The number of halogens is 1. The topological polar surface area (TPSA) is 13.1 Å². The van der Waals surface area contributed by atoms with Crippen molar-refractivity contribution in [2.75, 3.05) is 0 Å². The third kappa shape index (κ3) is 2.03. The second-order valence-electron chi connectivity index (χ2n) is 4.52. The molecule has 0 amide bonds. The van der Waals surface area contributed by atoms with Crippen molar-refractivity contribution in [3.63, 3.8) is 0 Å². The lowest BCUT2D eigenvalue weighted by molar-refractivity contribution is 0.493. The molecule has 0 aliphatic heterocycles. The maximum absolute atomic E-state index is 5.91. The lowest BCUT2D eigenvalue weighted by Crippen LogP contribution is -1.93. The van der Waals surface area contributed by atoms with Crippen LogP contribution < -0.4 is 0 Å². The molecule has 1 aromatic carbocycles. The minimum atomic E-state index is 0.603. The van der Waals surface area contributed by atoms with Crippen LogP contribution in [0.4, 0.5) is 0 Å². The van der Waals surface area contributed by atoms with Crippen LogP contribution in [0, 0.1) is 12.8 Å². The summed E-state index contributed by atoms with van der Waals surface area (Å²) in [6.45, 7) is 6.51. The van der Waals surface area contributed by atoms with Crippen LogP contribution in [0.25, 0.3) is 11.0 Å². The monoisotopic (exact) mass is 298 g/mol. The molecule has 3 heteroatoms. The van der Waals surface area contributed by atoms with E-state index in [9.17, 15) is 0 Å². The number of furan rings is 1. The minimum absolute atomic E-state index is 0.603. The van der Waals surface area contributed by atoms with Crippen LogP contribution in [0.5, 0.6) is 0 Å². The van der Waals surface area contributed by atoms with E-state index in [0.717, 1.165) is 27.1 Å². The standard InChI is InChI=1S/C13H15BrOS/c1-7(2)6-11-8(3)9-4-5-10(14)13(16)12(9)15-11/h4-5,7,16H,6H2,1-3H3. The van der Waals surface area contributed by atoms with Gasteiger partial charge < -0.3 is 4.42 Å². The molecule has 1 heterocycles. The normalized spacial score (nSPS) is 11.6. The van der Waals surface area contributed by atoms with Gasteiger partial charge in [0.1, 0.15) is 11.3 Å². The van der Waals surface area contributed by atoms with Crippen LogP contribution in [0.1, 0.15) is 25.2 Å². The van der Waals surface area contributed by atoms with Crippen molar-refractivity contribution in [3.8, 4) is 0 Å². The van der Waals surface area contributed by atoms with Crippen molar-refractivity contribution in [3.05, 3.63) is 27.9 Å². The summed E-state index contributed by atoms with van der Waals surface area (Å²) in [6.07, 6.45) is 0.978. The second-order valence-corrected chi connectivity index (χ2v) is 5.82. The summed E-state index contributed by atoms with van der Waals surface area (Å²) >= 11 is 7.94. The van der Waals surface area contributed by atoms with E-state index in [4.69, 9.17) is 4.42 Å². The molecule has 0 spiro atoms. The summed E-state index contributed by atoms with van der Waals surface area (Å²) in [5.41, 5.74) is 2.14. The lowest BCUT2D eigenvalue weighted by Gasteiger charge is -2.01. The van der Waals surface area contributed by atoms with Crippen molar-refractivity contribution in [2.45, 2.75) is 32.1 Å². The van der Waals surface area contributed by atoms with E-state index in [1.807, 2.05) is 6.07 Å². The van der Waals surface area contributed by atoms with E-state index in [-0.39, 0.29) is 0 Å². The zero-order valence-corrected chi connectivity index (χ0v) is 12.2. The molecule has 1 nitrogen and oxygen atoms in total. The van der Waals surface area contributed by atoms with Gasteiger partial charge in [-0.15, -0.1) is 12.6 Å². The third-order valence-corrected chi connectivity index (χ3v) is 4.13. The van der Waals surface area contributed by atoms with Gasteiger partial charge in [-0.3, -0.25) is 0 Å². The molecule has 0 fully saturated rings. The van der Waals surface area contributed by atoms with Crippen molar-refractivity contribution in [1.82, 2.24) is 0 Å². The van der Waals surface area contributed by atoms with E-state index >= 15 is 0 Å². The molecule has 0 atom stereocenters. The SMILES string of the molecule is Cc1c(CC(C)C)oc2c(S)c(Br)ccc12. The Hall–Kier alpha value is -0.410. The fraction of sp³-hybridized carbons (Fsp3) is 0.385. The maximum atomic E-state index is 5.91. The van der Waals surface area contributed by atoms with Crippen molar-refractivity contribution in [1.29, 1.82) is 0 Å². The van der Waals surface area contributed by atoms with Crippen molar-refractivity contribution >= 4 is 39.5 Å². The minimum Gasteiger partial charge on any atom is -0.460 e. The van der Waals surface area contributed by atoms with Crippen LogP contribution in [0.15, 0.2) is 25.9 Å². The summed E-state index contributed by atoms with van der Waals surface area (Å²) in [4.78, 5) is 0.885. The number of fused-ring (bicyclic) bond motifs is 1. The summed E-state index contributed by atoms with van der Waals surface area (Å²) in [5, 5.41) is 1.17. The Morgan fingerprint density at radius 2 is 2.06 bits per heavy atom. The first-order chi connectivity index (χ1) is 7.50. The van der Waals surface area contributed by atoms with Crippen molar-refractivity contribution < 1.29 is 4.42 Å². The molecular formula is C13H15BrOS. The molecule has 16 heavy (non-hydrogen) atoms. The van der Waals surface area contributed by atoms with Gasteiger partial charge in [0.05, 0.1) is 4.90 Å². The Balaban J connectivity index is 2.63. The van der Waals surface area contributed by atoms with E-state index in [1.54, 1.807) is 0 Å². The number of hydrogen-bond acceptors (Lipinski definition) is 2. The highest BCUT2D eigenvalue weighted by Gasteiger charge is 2.14. The third-order valence-electron chi connectivity index (χ3n) is 2.72. The van der Waals surface area contributed by atoms with Gasteiger partial charge in [0.25, 0.3) is 0 Å². The molecule has 1 aromatic heterocycles. The highest BCUT2D eigenvalue weighted by Crippen LogP contribution is 2.35. The van der Waals surface area contributed by atoms with Crippen LogP contribution >= 0.6 is 28.6 Å². The average molecular weight is 299 g/mol. The molecule has 2 aromatic rings. The summed E-state index contributed by atoms with van der Waals surface area (Å²) in [5.74, 6) is 1.68. The number of rotatable bonds is 2. The summed E-state index contributed by atoms with van der Waals surface area (Å²) in [7, 11) is 0. The zero-order valence-electron chi connectivity index (χ0n) is 9.67. The van der Waals surface area contributed by atoms with E-state index in [0.29, 0.717) is 5.92 Å². The van der Waals surface area contributed by atoms with Gasteiger partial charge >= 0.3 is 0 Å². The predicted octanol–water partition coefficient (Wildman–Crippen LogP) is 4.99. The molecule has 0 N–H and O–H groups in total. The Morgan fingerprint density at radius 1 is 1.38 bits per heavy atom. The predicted molar refractivity (Wildman–Crippen MR) is 74.4 cm³/mol. The molecule has 0 bridgehead atoms. The first kappa shape index (κ1) is 12.1. The largest absolute Gasteiger partial charge is 0.460 e. The lowest BCUT2D eigenvalue weighted by atomic mass is 10.0. The van der Waals surface area contributed by atoms with Crippen LogP contribution in [0.2, 0.25) is 0 Å². The smallest absolute Gasteiger partial charge is 0.148 e. The molecule has 0 aliphatic rings. The number of benzene rings is 1. The van der Waals surface area contributed by atoms with Gasteiger partial charge in [-0.25, -0.2) is 0 Å². The number of thiol groups is 1. The Kier molecular flexibility index (Phi) is 3.36. The molecule has 0 saturated carbocycles. The fourth-order valence-electron chi connectivity index (χ4n) is 1.86. The molecule has 0 aliphatic carbocycles. The zero-order chi connectivity index (χ0) is 11.9. The van der Waals surface area contributed by atoms with E-state index in [2.05, 4.69) is 55.4 Å². The van der Waals surface area contributed by atoms with Gasteiger partial charge in [-0.05, 0) is 46.5 Å². The maximum Gasteiger partial charge on any atom is 0.148 e. The fourth-order valence-corrected chi connectivity index (χ4v) is 2.41. The van der Waals surface area contributed by atoms with Gasteiger partial charge in [0.15, 0.2) is 0 Å². The first-order valence-electron chi connectivity index (χ1n) is 5.40. The van der Waals surface area contributed by atoms with Crippen LogP contribution in [0.3, 0.4) is 0 Å². The second kappa shape index (κ2) is 4.46. The van der Waals surface area contributed by atoms with Gasteiger partial charge in [0, 0.05) is 16.3 Å². The highest BCUT2D eigenvalue weighted by molar-refractivity contribution is 9.10. The molecule has 86 valence electrons. The van der Waals surface area contributed by atoms with Gasteiger partial charge in [-0.2, -0.15) is 0 Å². The van der Waals surface area contributed by atoms with Crippen molar-refractivity contribution in [2.24, 2.45) is 5.92 Å². The molecular weight excluding hydrogens is 284 g/mol. The summed E-state index contributed by atoms with van der Waals surface area (Å²) < 4.78 is 6.89. The Bertz CT molecular complexity index is 528. The van der Waals surface area contributed by atoms with Crippen LogP contribution in [-0.4, -0.2) is 0 Å². The van der Waals surface area contributed by atoms with Gasteiger partial charge in [0.2, 0.25) is 0 Å². The van der Waals surface area contributed by atoms with E-state index in [1.165, 1.54) is 10.9 Å². The Labute approximate surface area is 110 Å². The number of aryl methyl sites for hydroxylation is 1. The Morgan fingerprint density at radius 3 is 2.69 bits per heavy atom. The number of hydrogen-bond donors (Lipinski definition) is 1. The highest BCUT2D eigenvalue weighted by atomic mass is 79.9. The molecule has 0 unspecified atom stereocenters. The average Bonchev–Trinajstić information content (AvgIpc) is 2.51.